The smallest absolute Gasteiger partial charge is 0.263 e. The van der Waals surface area contributed by atoms with Gasteiger partial charge in [-0.25, -0.2) is 8.78 Å². The number of pyridine rings is 1. The van der Waals surface area contributed by atoms with E-state index in [9.17, 15) is 13.9 Å². The minimum atomic E-state index is -2.53. The number of nitrogens with one attached hydrogen (secondary N) is 1. The molecule has 4 rings (SSSR count). The number of aromatic hydroxyl groups is 1. The number of rotatable bonds is 5. The van der Waals surface area contributed by atoms with E-state index in [1.165, 1.54) is 12.1 Å². The van der Waals surface area contributed by atoms with E-state index in [2.05, 4.69) is 10.3 Å². The fraction of sp³-hybridized carbons (Fsp3) is 0.211. The number of aromatic nitrogens is 1. The molecule has 0 radical (unpaired) electrons. The van der Waals surface area contributed by atoms with Gasteiger partial charge in [0.05, 0.1) is 17.3 Å². The average molecular weight is 342 g/mol. The summed E-state index contributed by atoms with van der Waals surface area (Å²) in [7, 11) is 0. The molecule has 25 heavy (non-hydrogen) atoms. The minimum Gasteiger partial charge on any atom is -0.508 e. The Labute approximate surface area is 143 Å². The Kier molecular flexibility index (Phi) is 3.87. The summed E-state index contributed by atoms with van der Waals surface area (Å²) >= 11 is 0. The first-order valence-corrected chi connectivity index (χ1v) is 8.03. The normalized spacial score (nSPS) is 14.0. The van der Waals surface area contributed by atoms with Gasteiger partial charge in [-0.2, -0.15) is 0 Å². The Hall–Kier alpha value is -2.89. The molecule has 1 fully saturated rings. The predicted octanol–water partition coefficient (Wildman–Crippen LogP) is 5.16. The number of fused-ring (bicyclic) bond motifs is 1. The average Bonchev–Trinajstić information content (AvgIpc) is 3.41. The van der Waals surface area contributed by atoms with Crippen molar-refractivity contribution in [2.45, 2.75) is 25.4 Å². The Balaban J connectivity index is 1.71. The van der Waals surface area contributed by atoms with Crippen LogP contribution in [0.1, 0.15) is 24.8 Å². The van der Waals surface area contributed by atoms with E-state index in [4.69, 9.17) is 4.74 Å². The van der Waals surface area contributed by atoms with E-state index < -0.39 is 6.43 Å². The van der Waals surface area contributed by atoms with Crippen LogP contribution in [0.3, 0.4) is 0 Å². The summed E-state index contributed by atoms with van der Waals surface area (Å²) in [4.78, 5) is 4.18. The largest absolute Gasteiger partial charge is 0.508 e. The second kappa shape index (κ2) is 6.20. The van der Waals surface area contributed by atoms with Crippen molar-refractivity contribution in [3.05, 3.63) is 54.2 Å². The maximum absolute atomic E-state index is 12.9. The van der Waals surface area contributed by atoms with Crippen LogP contribution < -0.4 is 10.1 Å². The lowest BCUT2D eigenvalue weighted by Gasteiger charge is -2.15. The maximum Gasteiger partial charge on any atom is 0.263 e. The van der Waals surface area contributed by atoms with Gasteiger partial charge in [0, 0.05) is 28.9 Å². The zero-order valence-electron chi connectivity index (χ0n) is 13.2. The first kappa shape index (κ1) is 15.6. The standard InChI is InChI=1S/C19H16F2N2O2/c20-19(21)11-1-5-14-15(7-8-22-17(14)9-11)23-16-6-2-12(24)10-18(16)25-13-3-4-13/h1-2,5-10,13,19,24H,3-4H2,(H,22,23). The third-order valence-corrected chi connectivity index (χ3v) is 4.07. The molecule has 0 unspecified atom stereocenters. The Morgan fingerprint density at radius 3 is 2.68 bits per heavy atom. The number of ether oxygens (including phenoxy) is 1. The lowest BCUT2D eigenvalue weighted by Crippen LogP contribution is -2.01. The van der Waals surface area contributed by atoms with E-state index in [0.29, 0.717) is 17.0 Å². The molecular weight excluding hydrogens is 326 g/mol. The second-order valence-electron chi connectivity index (χ2n) is 6.06. The van der Waals surface area contributed by atoms with Gasteiger partial charge in [-0.1, -0.05) is 12.1 Å². The number of phenolic OH excluding ortho intramolecular Hbond substituents is 1. The van der Waals surface area contributed by atoms with Crippen LogP contribution in [0.2, 0.25) is 0 Å². The molecule has 2 N–H and O–H groups in total. The van der Waals surface area contributed by atoms with Crippen LogP contribution in [-0.4, -0.2) is 16.2 Å². The zero-order valence-corrected chi connectivity index (χ0v) is 13.2. The van der Waals surface area contributed by atoms with Gasteiger partial charge in [-0.3, -0.25) is 4.98 Å². The highest BCUT2D eigenvalue weighted by Crippen LogP contribution is 2.37. The van der Waals surface area contributed by atoms with E-state index >= 15 is 0 Å². The van der Waals surface area contributed by atoms with Crippen LogP contribution in [0.25, 0.3) is 10.9 Å². The van der Waals surface area contributed by atoms with Crippen LogP contribution in [-0.2, 0) is 0 Å². The predicted molar refractivity (Wildman–Crippen MR) is 91.7 cm³/mol. The third kappa shape index (κ3) is 3.33. The Morgan fingerprint density at radius 1 is 1.08 bits per heavy atom. The van der Waals surface area contributed by atoms with E-state index in [-0.39, 0.29) is 17.4 Å². The molecule has 1 saturated carbocycles. The number of benzene rings is 2. The highest BCUT2D eigenvalue weighted by atomic mass is 19.3. The number of hydrogen-bond acceptors (Lipinski definition) is 4. The van der Waals surface area contributed by atoms with Gasteiger partial charge in [0.15, 0.2) is 0 Å². The molecule has 1 aliphatic carbocycles. The van der Waals surface area contributed by atoms with Crippen molar-refractivity contribution >= 4 is 22.3 Å². The monoisotopic (exact) mass is 342 g/mol. The summed E-state index contributed by atoms with van der Waals surface area (Å²) in [5.41, 5.74) is 1.87. The SMILES string of the molecule is Oc1ccc(Nc2ccnc3cc(C(F)F)ccc23)c(OC2CC2)c1. The number of hydrogen-bond donors (Lipinski definition) is 2. The third-order valence-electron chi connectivity index (χ3n) is 4.07. The quantitative estimate of drug-likeness (QED) is 0.629. The van der Waals surface area contributed by atoms with Crippen LogP contribution in [0.5, 0.6) is 11.5 Å². The molecule has 0 saturated heterocycles. The summed E-state index contributed by atoms with van der Waals surface area (Å²) in [5.74, 6) is 0.694. The second-order valence-corrected chi connectivity index (χ2v) is 6.06. The lowest BCUT2D eigenvalue weighted by atomic mass is 10.1. The van der Waals surface area contributed by atoms with Gasteiger partial charge >= 0.3 is 0 Å². The van der Waals surface area contributed by atoms with Crippen molar-refractivity contribution < 1.29 is 18.6 Å². The molecule has 1 heterocycles. The first-order chi connectivity index (χ1) is 12.1. The highest BCUT2D eigenvalue weighted by molar-refractivity contribution is 5.93. The highest BCUT2D eigenvalue weighted by Gasteiger charge is 2.25. The van der Waals surface area contributed by atoms with Gasteiger partial charge in [0.1, 0.15) is 11.5 Å². The van der Waals surface area contributed by atoms with Gasteiger partial charge in [-0.15, -0.1) is 0 Å². The summed E-state index contributed by atoms with van der Waals surface area (Å²) in [6.07, 6.45) is 1.23. The summed E-state index contributed by atoms with van der Waals surface area (Å²) in [6, 6.07) is 11.1. The van der Waals surface area contributed by atoms with Gasteiger partial charge in [0.25, 0.3) is 6.43 Å². The Bertz CT molecular complexity index is 926. The number of phenols is 1. The molecule has 1 aliphatic rings. The molecule has 128 valence electrons. The molecule has 0 amide bonds. The molecular formula is C19H16F2N2O2. The van der Waals surface area contributed by atoms with Crippen LogP contribution in [0, 0.1) is 0 Å². The minimum absolute atomic E-state index is 0.0560. The van der Waals surface area contributed by atoms with E-state index in [0.717, 1.165) is 23.9 Å². The van der Waals surface area contributed by atoms with Crippen molar-refractivity contribution in [2.75, 3.05) is 5.32 Å². The fourth-order valence-corrected chi connectivity index (χ4v) is 2.63. The summed E-state index contributed by atoms with van der Waals surface area (Å²) in [5, 5.41) is 13.7. The zero-order chi connectivity index (χ0) is 17.4. The fourth-order valence-electron chi connectivity index (χ4n) is 2.63. The maximum atomic E-state index is 12.9. The van der Waals surface area contributed by atoms with Crippen LogP contribution >= 0.6 is 0 Å². The molecule has 0 aliphatic heterocycles. The van der Waals surface area contributed by atoms with E-state index in [1.54, 1.807) is 36.5 Å². The number of nitrogens with zero attached hydrogens (tertiary/aromatic N) is 1. The van der Waals surface area contributed by atoms with Crippen molar-refractivity contribution in [1.82, 2.24) is 4.98 Å². The molecule has 0 atom stereocenters. The molecule has 0 spiro atoms. The molecule has 3 aromatic rings. The lowest BCUT2D eigenvalue weighted by molar-refractivity contribution is 0.151. The molecule has 6 heteroatoms. The molecule has 4 nitrogen and oxygen atoms in total. The van der Waals surface area contributed by atoms with Crippen LogP contribution in [0.15, 0.2) is 48.7 Å². The Morgan fingerprint density at radius 2 is 1.92 bits per heavy atom. The van der Waals surface area contributed by atoms with Crippen molar-refractivity contribution in [3.63, 3.8) is 0 Å². The summed E-state index contributed by atoms with van der Waals surface area (Å²) < 4.78 is 31.6. The molecule has 0 bridgehead atoms. The van der Waals surface area contributed by atoms with Crippen molar-refractivity contribution in [1.29, 1.82) is 0 Å². The number of anilines is 2. The number of alkyl halides is 2. The topological polar surface area (TPSA) is 54.4 Å². The van der Waals surface area contributed by atoms with Crippen molar-refractivity contribution in [3.8, 4) is 11.5 Å². The molecule has 1 aromatic heterocycles. The number of halogens is 2. The summed E-state index contributed by atoms with van der Waals surface area (Å²) in [6.45, 7) is 0. The van der Waals surface area contributed by atoms with Gasteiger partial charge in [-0.05, 0) is 37.1 Å². The van der Waals surface area contributed by atoms with Crippen molar-refractivity contribution in [2.24, 2.45) is 0 Å². The van der Waals surface area contributed by atoms with Gasteiger partial charge in [0.2, 0.25) is 0 Å². The van der Waals surface area contributed by atoms with E-state index in [1.807, 2.05) is 0 Å². The van der Waals surface area contributed by atoms with Gasteiger partial charge < -0.3 is 15.2 Å². The first-order valence-electron chi connectivity index (χ1n) is 8.03. The van der Waals surface area contributed by atoms with Crippen LogP contribution in [0.4, 0.5) is 20.2 Å². The molecule has 2 aromatic carbocycles.